The molecule has 0 aliphatic carbocycles. The van der Waals surface area contributed by atoms with Crippen molar-refractivity contribution in [3.63, 3.8) is 0 Å². The summed E-state index contributed by atoms with van der Waals surface area (Å²) in [6.07, 6.45) is 1.66. The maximum absolute atomic E-state index is 11.0. The van der Waals surface area contributed by atoms with E-state index in [1.807, 2.05) is 6.92 Å². The SMILES string of the molecule is CCCN(CCC(C)C)S(N)(=O)=O. The average molecular weight is 208 g/mol. The highest BCUT2D eigenvalue weighted by molar-refractivity contribution is 7.86. The second-order valence-corrected chi connectivity index (χ2v) is 5.17. The third kappa shape index (κ3) is 6.01. The first-order valence-corrected chi connectivity index (χ1v) is 6.16. The van der Waals surface area contributed by atoms with E-state index in [1.54, 1.807) is 0 Å². The molecule has 0 aliphatic rings. The summed E-state index contributed by atoms with van der Waals surface area (Å²) in [5, 5.41) is 5.05. The monoisotopic (exact) mass is 208 g/mol. The van der Waals surface area contributed by atoms with Crippen LogP contribution < -0.4 is 5.14 Å². The van der Waals surface area contributed by atoms with Crippen LogP contribution in [0.3, 0.4) is 0 Å². The molecule has 0 aromatic heterocycles. The summed E-state index contributed by atoms with van der Waals surface area (Å²) in [6, 6.07) is 0. The normalized spacial score (nSPS) is 12.8. The molecule has 0 aliphatic heterocycles. The van der Waals surface area contributed by atoms with Gasteiger partial charge in [-0.15, -0.1) is 0 Å². The Morgan fingerprint density at radius 3 is 2.15 bits per heavy atom. The molecule has 0 atom stereocenters. The van der Waals surface area contributed by atoms with Crippen LogP contribution in [0.2, 0.25) is 0 Å². The molecule has 0 aromatic carbocycles. The van der Waals surface area contributed by atoms with Crippen LogP contribution in [0.25, 0.3) is 0 Å². The lowest BCUT2D eigenvalue weighted by atomic mass is 10.1. The molecular formula is C8H20N2O2S. The highest BCUT2D eigenvalue weighted by Gasteiger charge is 2.15. The molecule has 0 aromatic rings. The van der Waals surface area contributed by atoms with Crippen molar-refractivity contribution < 1.29 is 8.42 Å². The predicted molar refractivity (Wildman–Crippen MR) is 54.4 cm³/mol. The van der Waals surface area contributed by atoms with Gasteiger partial charge in [-0.1, -0.05) is 20.8 Å². The molecule has 0 amide bonds. The van der Waals surface area contributed by atoms with Crippen LogP contribution in [0.4, 0.5) is 0 Å². The topological polar surface area (TPSA) is 63.4 Å². The fraction of sp³-hybridized carbons (Fsp3) is 1.00. The van der Waals surface area contributed by atoms with Crippen LogP contribution >= 0.6 is 0 Å². The number of nitrogens with zero attached hydrogens (tertiary/aromatic N) is 1. The largest absolute Gasteiger partial charge is 0.276 e. The summed E-state index contributed by atoms with van der Waals surface area (Å²) in [4.78, 5) is 0. The zero-order valence-electron chi connectivity index (χ0n) is 8.66. The van der Waals surface area contributed by atoms with E-state index in [4.69, 9.17) is 5.14 Å². The molecule has 5 heteroatoms. The third-order valence-corrected chi connectivity index (χ3v) is 2.87. The summed E-state index contributed by atoms with van der Waals surface area (Å²) in [5.41, 5.74) is 0. The lowest BCUT2D eigenvalue weighted by Crippen LogP contribution is -2.38. The van der Waals surface area contributed by atoms with E-state index < -0.39 is 10.2 Å². The summed E-state index contributed by atoms with van der Waals surface area (Å²) in [7, 11) is -3.49. The molecule has 0 fully saturated rings. The Labute approximate surface area is 81.3 Å². The van der Waals surface area contributed by atoms with Crippen molar-refractivity contribution in [2.45, 2.75) is 33.6 Å². The molecule has 13 heavy (non-hydrogen) atoms. The molecule has 0 saturated heterocycles. The van der Waals surface area contributed by atoms with E-state index in [0.29, 0.717) is 19.0 Å². The quantitative estimate of drug-likeness (QED) is 0.706. The molecular weight excluding hydrogens is 188 g/mol. The highest BCUT2D eigenvalue weighted by Crippen LogP contribution is 2.04. The van der Waals surface area contributed by atoms with Crippen LogP contribution in [0.1, 0.15) is 33.6 Å². The maximum Gasteiger partial charge on any atom is 0.276 e. The van der Waals surface area contributed by atoms with Gasteiger partial charge in [0, 0.05) is 13.1 Å². The van der Waals surface area contributed by atoms with E-state index in [-0.39, 0.29) is 0 Å². The molecule has 0 bridgehead atoms. The molecule has 2 N–H and O–H groups in total. The molecule has 0 spiro atoms. The lowest BCUT2D eigenvalue weighted by Gasteiger charge is -2.19. The predicted octanol–water partition coefficient (Wildman–Crippen LogP) is 0.948. The first-order valence-electron chi connectivity index (χ1n) is 4.65. The molecule has 80 valence electrons. The van der Waals surface area contributed by atoms with Gasteiger partial charge in [0.1, 0.15) is 0 Å². The maximum atomic E-state index is 11.0. The molecule has 4 nitrogen and oxygen atoms in total. The fourth-order valence-electron chi connectivity index (χ4n) is 1.02. The molecule has 0 unspecified atom stereocenters. The van der Waals surface area contributed by atoms with Crippen molar-refractivity contribution in [3.05, 3.63) is 0 Å². The van der Waals surface area contributed by atoms with Crippen LogP contribution in [0.5, 0.6) is 0 Å². The lowest BCUT2D eigenvalue weighted by molar-refractivity contribution is 0.380. The number of nitrogens with two attached hydrogens (primary N) is 1. The second-order valence-electron chi connectivity index (χ2n) is 3.63. The summed E-state index contributed by atoms with van der Waals surface area (Å²) in [5.74, 6) is 0.501. The van der Waals surface area contributed by atoms with Gasteiger partial charge < -0.3 is 0 Å². The van der Waals surface area contributed by atoms with E-state index in [9.17, 15) is 8.42 Å². The van der Waals surface area contributed by atoms with Gasteiger partial charge in [-0.25, -0.2) is 5.14 Å². The molecule has 0 radical (unpaired) electrons. The third-order valence-electron chi connectivity index (χ3n) is 1.79. The summed E-state index contributed by atoms with van der Waals surface area (Å²) < 4.78 is 23.4. The van der Waals surface area contributed by atoms with Gasteiger partial charge in [-0.3, -0.25) is 0 Å². The van der Waals surface area contributed by atoms with Crippen molar-refractivity contribution in [3.8, 4) is 0 Å². The van der Waals surface area contributed by atoms with E-state index in [0.717, 1.165) is 12.8 Å². The van der Waals surface area contributed by atoms with Gasteiger partial charge in [-0.05, 0) is 18.8 Å². The number of hydrogen-bond acceptors (Lipinski definition) is 2. The van der Waals surface area contributed by atoms with Gasteiger partial charge in [0.05, 0.1) is 0 Å². The van der Waals surface area contributed by atoms with Crippen LogP contribution in [-0.4, -0.2) is 25.8 Å². The van der Waals surface area contributed by atoms with Crippen molar-refractivity contribution in [2.75, 3.05) is 13.1 Å². The van der Waals surface area contributed by atoms with Crippen molar-refractivity contribution >= 4 is 10.2 Å². The molecule has 0 heterocycles. The van der Waals surface area contributed by atoms with Gasteiger partial charge in [-0.2, -0.15) is 12.7 Å². The summed E-state index contributed by atoms with van der Waals surface area (Å²) in [6.45, 7) is 7.12. The van der Waals surface area contributed by atoms with Crippen molar-refractivity contribution in [1.82, 2.24) is 4.31 Å². The van der Waals surface area contributed by atoms with Gasteiger partial charge in [0.25, 0.3) is 10.2 Å². The Morgan fingerprint density at radius 1 is 1.31 bits per heavy atom. The van der Waals surface area contributed by atoms with Gasteiger partial charge in [0.2, 0.25) is 0 Å². The fourth-order valence-corrected chi connectivity index (χ4v) is 1.81. The zero-order valence-corrected chi connectivity index (χ0v) is 9.47. The van der Waals surface area contributed by atoms with Crippen molar-refractivity contribution in [1.29, 1.82) is 0 Å². The van der Waals surface area contributed by atoms with E-state index in [2.05, 4.69) is 13.8 Å². The minimum atomic E-state index is -3.49. The first-order chi connectivity index (χ1) is 5.88. The molecule has 0 saturated carbocycles. The standard InChI is InChI=1S/C8H20N2O2S/c1-4-6-10(13(9,11)12)7-5-8(2)3/h8H,4-7H2,1-3H3,(H2,9,11,12). The Hall–Kier alpha value is -0.130. The Bertz CT molecular complexity index is 224. The first kappa shape index (κ1) is 12.9. The Morgan fingerprint density at radius 2 is 1.85 bits per heavy atom. The highest BCUT2D eigenvalue weighted by atomic mass is 32.2. The van der Waals surface area contributed by atoms with Crippen molar-refractivity contribution in [2.24, 2.45) is 11.1 Å². The smallest absolute Gasteiger partial charge is 0.216 e. The zero-order chi connectivity index (χ0) is 10.5. The number of hydrogen-bond donors (Lipinski definition) is 1. The van der Waals surface area contributed by atoms with Crippen LogP contribution in [0, 0.1) is 5.92 Å². The second kappa shape index (κ2) is 5.57. The van der Waals surface area contributed by atoms with E-state index in [1.165, 1.54) is 4.31 Å². The molecule has 0 rings (SSSR count). The van der Waals surface area contributed by atoms with E-state index >= 15 is 0 Å². The van der Waals surface area contributed by atoms with Gasteiger partial charge >= 0.3 is 0 Å². The van der Waals surface area contributed by atoms with Gasteiger partial charge in [0.15, 0.2) is 0 Å². The minimum Gasteiger partial charge on any atom is -0.216 e. The van der Waals surface area contributed by atoms with Crippen LogP contribution in [0.15, 0.2) is 0 Å². The average Bonchev–Trinajstić information content (AvgIpc) is 1.95. The summed E-state index contributed by atoms with van der Waals surface area (Å²) >= 11 is 0. The Kier molecular flexibility index (Phi) is 5.51. The Balaban J connectivity index is 4.12. The van der Waals surface area contributed by atoms with Crippen LogP contribution in [-0.2, 0) is 10.2 Å². The minimum absolute atomic E-state index is 0.501. The number of rotatable bonds is 6.